The molecule has 1 aliphatic heterocycles. The molecule has 0 radical (unpaired) electrons. The number of aryl methyl sites for hydroxylation is 1. The average Bonchev–Trinajstić information content (AvgIpc) is 2.93. The van der Waals surface area contributed by atoms with Crippen LogP contribution in [-0.2, 0) is 16.0 Å². The molecule has 1 aliphatic rings. The first-order chi connectivity index (χ1) is 10.3. The summed E-state index contributed by atoms with van der Waals surface area (Å²) in [6.45, 7) is 9.28. The molecule has 7 heteroatoms. The van der Waals surface area contributed by atoms with E-state index in [9.17, 15) is 9.90 Å². The van der Waals surface area contributed by atoms with E-state index in [1.807, 2.05) is 27.7 Å². The van der Waals surface area contributed by atoms with Crippen LogP contribution < -0.4 is 0 Å². The number of aliphatic hydroxyl groups excluding tert-OH is 1. The third kappa shape index (κ3) is 3.98. The zero-order chi connectivity index (χ0) is 16.3. The van der Waals surface area contributed by atoms with Gasteiger partial charge in [-0.2, -0.15) is 5.10 Å². The molecule has 0 spiro atoms. The number of amides is 1. The number of hydrogen-bond acceptors (Lipinski definition) is 5. The molecule has 1 fully saturated rings. The summed E-state index contributed by atoms with van der Waals surface area (Å²) in [4.78, 5) is 13.9. The Morgan fingerprint density at radius 1 is 1.59 bits per heavy atom. The maximum absolute atomic E-state index is 12.3. The van der Waals surface area contributed by atoms with E-state index in [1.165, 1.54) is 0 Å². The Bertz CT molecular complexity index is 509. The SMILES string of the molecule is CCn1cc(C(O)C2COCCN2C(=O)OC(C)(C)C)cn1. The third-order valence-electron chi connectivity index (χ3n) is 3.48. The predicted molar refractivity (Wildman–Crippen MR) is 80.4 cm³/mol. The molecule has 124 valence electrons. The normalized spacial score (nSPS) is 20.8. The molecule has 1 N–H and O–H groups in total. The minimum absolute atomic E-state index is 0.276. The van der Waals surface area contributed by atoms with Crippen molar-refractivity contribution in [1.82, 2.24) is 14.7 Å². The largest absolute Gasteiger partial charge is 0.444 e. The van der Waals surface area contributed by atoms with Gasteiger partial charge in [-0.25, -0.2) is 4.79 Å². The summed E-state index contributed by atoms with van der Waals surface area (Å²) in [7, 11) is 0. The van der Waals surface area contributed by atoms with Gasteiger partial charge in [-0.3, -0.25) is 9.58 Å². The fourth-order valence-electron chi connectivity index (χ4n) is 2.36. The van der Waals surface area contributed by atoms with Crippen LogP contribution in [-0.4, -0.2) is 57.3 Å². The molecule has 22 heavy (non-hydrogen) atoms. The molecule has 2 heterocycles. The second kappa shape index (κ2) is 6.66. The number of rotatable bonds is 3. The first-order valence-electron chi connectivity index (χ1n) is 7.59. The van der Waals surface area contributed by atoms with E-state index in [2.05, 4.69) is 5.10 Å². The van der Waals surface area contributed by atoms with Gasteiger partial charge in [-0.05, 0) is 27.7 Å². The summed E-state index contributed by atoms with van der Waals surface area (Å²) < 4.78 is 12.6. The predicted octanol–water partition coefficient (Wildman–Crippen LogP) is 1.57. The van der Waals surface area contributed by atoms with E-state index >= 15 is 0 Å². The third-order valence-corrected chi connectivity index (χ3v) is 3.48. The number of morpholine rings is 1. The van der Waals surface area contributed by atoms with Gasteiger partial charge < -0.3 is 14.6 Å². The van der Waals surface area contributed by atoms with Gasteiger partial charge >= 0.3 is 6.09 Å². The van der Waals surface area contributed by atoms with Gasteiger partial charge in [0.2, 0.25) is 0 Å². The second-order valence-electron chi connectivity index (χ2n) is 6.39. The fraction of sp³-hybridized carbons (Fsp3) is 0.733. The number of nitrogens with zero attached hydrogens (tertiary/aromatic N) is 3. The Morgan fingerprint density at radius 2 is 2.32 bits per heavy atom. The maximum Gasteiger partial charge on any atom is 0.410 e. The van der Waals surface area contributed by atoms with Gasteiger partial charge in [0.1, 0.15) is 11.7 Å². The van der Waals surface area contributed by atoms with E-state index in [0.29, 0.717) is 18.7 Å². The first-order valence-corrected chi connectivity index (χ1v) is 7.59. The van der Waals surface area contributed by atoms with E-state index < -0.39 is 23.8 Å². The highest BCUT2D eigenvalue weighted by molar-refractivity contribution is 5.68. The van der Waals surface area contributed by atoms with Gasteiger partial charge in [-0.1, -0.05) is 0 Å². The summed E-state index contributed by atoms with van der Waals surface area (Å²) in [5, 5.41) is 14.8. The van der Waals surface area contributed by atoms with Crippen molar-refractivity contribution in [1.29, 1.82) is 0 Å². The van der Waals surface area contributed by atoms with Crippen molar-refractivity contribution < 1.29 is 19.4 Å². The van der Waals surface area contributed by atoms with Gasteiger partial charge in [0.05, 0.1) is 25.5 Å². The Balaban J connectivity index is 2.13. The zero-order valence-corrected chi connectivity index (χ0v) is 13.7. The van der Waals surface area contributed by atoms with Gasteiger partial charge in [-0.15, -0.1) is 0 Å². The van der Waals surface area contributed by atoms with Crippen LogP contribution in [0.5, 0.6) is 0 Å². The quantitative estimate of drug-likeness (QED) is 0.917. The topological polar surface area (TPSA) is 76.8 Å². The molecule has 1 amide bonds. The van der Waals surface area contributed by atoms with Crippen LogP contribution in [0.2, 0.25) is 0 Å². The van der Waals surface area contributed by atoms with Gasteiger partial charge in [0, 0.05) is 24.8 Å². The minimum atomic E-state index is -0.854. The Labute approximate surface area is 130 Å². The van der Waals surface area contributed by atoms with Gasteiger partial charge in [0.25, 0.3) is 0 Å². The molecule has 0 bridgehead atoms. The molecule has 7 nitrogen and oxygen atoms in total. The average molecular weight is 311 g/mol. The van der Waals surface area contributed by atoms with Crippen LogP contribution in [0, 0.1) is 0 Å². The molecular weight excluding hydrogens is 286 g/mol. The Hall–Kier alpha value is -1.60. The highest BCUT2D eigenvalue weighted by Crippen LogP contribution is 2.25. The van der Waals surface area contributed by atoms with Crippen molar-refractivity contribution in [2.75, 3.05) is 19.8 Å². The molecule has 1 aromatic rings. The number of carbonyl (C=O) groups is 1. The highest BCUT2D eigenvalue weighted by Gasteiger charge is 2.36. The van der Waals surface area contributed by atoms with Crippen LogP contribution in [0.4, 0.5) is 4.79 Å². The molecule has 2 unspecified atom stereocenters. The zero-order valence-electron chi connectivity index (χ0n) is 13.7. The number of hydrogen-bond donors (Lipinski definition) is 1. The Morgan fingerprint density at radius 3 is 2.91 bits per heavy atom. The molecule has 1 saturated heterocycles. The highest BCUT2D eigenvalue weighted by atomic mass is 16.6. The molecule has 2 atom stereocenters. The standard InChI is InChI=1S/C15H25N3O4/c1-5-17-9-11(8-16-17)13(19)12-10-21-7-6-18(12)14(20)22-15(2,3)4/h8-9,12-13,19H,5-7,10H2,1-4H3. The molecule has 1 aromatic heterocycles. The van der Waals surface area contributed by atoms with Gasteiger partial charge in [0.15, 0.2) is 0 Å². The molecule has 2 rings (SSSR count). The maximum atomic E-state index is 12.3. The van der Waals surface area contributed by atoms with Crippen LogP contribution in [0.25, 0.3) is 0 Å². The number of aliphatic hydroxyl groups is 1. The van der Waals surface area contributed by atoms with E-state index in [-0.39, 0.29) is 6.61 Å². The molecule has 0 aliphatic carbocycles. The summed E-state index contributed by atoms with van der Waals surface area (Å²) in [5.41, 5.74) is 0.101. The number of carbonyl (C=O) groups excluding carboxylic acids is 1. The summed E-state index contributed by atoms with van der Waals surface area (Å²) in [6, 6.07) is -0.474. The minimum Gasteiger partial charge on any atom is -0.444 e. The smallest absolute Gasteiger partial charge is 0.410 e. The van der Waals surface area contributed by atoms with Crippen molar-refractivity contribution in [2.24, 2.45) is 0 Å². The van der Waals surface area contributed by atoms with Crippen molar-refractivity contribution in [2.45, 2.75) is 52.0 Å². The molecular formula is C15H25N3O4. The lowest BCUT2D eigenvalue weighted by Gasteiger charge is -2.38. The lowest BCUT2D eigenvalue weighted by atomic mass is 10.0. The molecule has 0 saturated carbocycles. The van der Waals surface area contributed by atoms with Crippen molar-refractivity contribution in [3.05, 3.63) is 18.0 Å². The van der Waals surface area contributed by atoms with E-state index in [1.54, 1.807) is 22.0 Å². The van der Waals surface area contributed by atoms with Crippen molar-refractivity contribution in [3.8, 4) is 0 Å². The monoisotopic (exact) mass is 311 g/mol. The lowest BCUT2D eigenvalue weighted by Crippen LogP contribution is -2.52. The molecule has 0 aromatic carbocycles. The van der Waals surface area contributed by atoms with E-state index in [0.717, 1.165) is 6.54 Å². The number of aromatic nitrogens is 2. The van der Waals surface area contributed by atoms with Crippen molar-refractivity contribution >= 4 is 6.09 Å². The van der Waals surface area contributed by atoms with Crippen molar-refractivity contribution in [3.63, 3.8) is 0 Å². The van der Waals surface area contributed by atoms with E-state index in [4.69, 9.17) is 9.47 Å². The lowest BCUT2D eigenvalue weighted by molar-refractivity contribution is -0.0672. The fourth-order valence-corrected chi connectivity index (χ4v) is 2.36. The summed E-state index contributed by atoms with van der Waals surface area (Å²) >= 11 is 0. The van der Waals surface area contributed by atoms with Crippen LogP contribution in [0.1, 0.15) is 39.4 Å². The first kappa shape index (κ1) is 16.8. The second-order valence-corrected chi connectivity index (χ2v) is 6.39. The summed E-state index contributed by atoms with van der Waals surface area (Å²) in [5.74, 6) is 0. The summed E-state index contributed by atoms with van der Waals surface area (Å²) in [6.07, 6.45) is 2.12. The van der Waals surface area contributed by atoms with Crippen LogP contribution in [0.3, 0.4) is 0 Å². The van der Waals surface area contributed by atoms with Crippen LogP contribution >= 0.6 is 0 Å². The van der Waals surface area contributed by atoms with Crippen LogP contribution in [0.15, 0.2) is 12.4 Å². The Kier molecular flexibility index (Phi) is 5.08. The number of ether oxygens (including phenoxy) is 2.